The zero-order valence-corrected chi connectivity index (χ0v) is 16.0. The molecule has 144 valence electrons. The molecule has 0 aromatic rings. The van der Waals surface area contributed by atoms with E-state index in [1.165, 1.54) is 0 Å². The zero-order valence-electron chi connectivity index (χ0n) is 14.4. The molecule has 2 atom stereocenters. The number of aliphatic hydroxyl groups excluding tert-OH is 1. The highest BCUT2D eigenvalue weighted by atomic mass is 32.2. The van der Waals surface area contributed by atoms with E-state index in [4.69, 9.17) is 9.47 Å². The van der Waals surface area contributed by atoms with Crippen molar-refractivity contribution >= 4 is 25.8 Å². The van der Waals surface area contributed by atoms with E-state index in [1.54, 1.807) is 20.8 Å². The largest absolute Gasteiger partial charge is 0.459 e. The van der Waals surface area contributed by atoms with Crippen LogP contribution in [0.25, 0.3) is 0 Å². The monoisotopic (exact) mass is 389 g/mol. The molecule has 0 spiro atoms. The van der Waals surface area contributed by atoms with Crippen molar-refractivity contribution in [3.8, 4) is 0 Å². The maximum Gasteiger partial charge on any atom is 0.324 e. The van der Waals surface area contributed by atoms with E-state index in [2.05, 4.69) is 4.72 Å². The Hall–Kier alpha value is -0.750. The maximum absolute atomic E-state index is 12.0. The Morgan fingerprint density at radius 3 is 2.21 bits per heavy atom. The minimum atomic E-state index is -3.85. The lowest BCUT2D eigenvalue weighted by Gasteiger charge is -2.21. The van der Waals surface area contributed by atoms with Crippen molar-refractivity contribution in [2.45, 2.75) is 39.5 Å². The van der Waals surface area contributed by atoms with E-state index in [1.807, 2.05) is 0 Å². The Bertz CT molecular complexity index is 585. The Morgan fingerprint density at radius 1 is 1.17 bits per heavy atom. The van der Waals surface area contributed by atoms with E-state index < -0.39 is 56.4 Å². The fourth-order valence-electron chi connectivity index (χ4n) is 1.70. The smallest absolute Gasteiger partial charge is 0.324 e. The lowest BCUT2D eigenvalue weighted by atomic mass is 10.1. The fourth-order valence-corrected chi connectivity index (χ4v) is 3.95. The maximum atomic E-state index is 12.0. The summed E-state index contributed by atoms with van der Waals surface area (Å²) in [6.45, 7) is 4.74. The number of sulfonamides is 1. The molecule has 0 saturated heterocycles. The van der Waals surface area contributed by atoms with Crippen LogP contribution in [0.1, 0.15) is 27.2 Å². The van der Waals surface area contributed by atoms with Gasteiger partial charge in [-0.05, 0) is 19.3 Å². The van der Waals surface area contributed by atoms with Gasteiger partial charge in [-0.25, -0.2) is 21.6 Å². The molecule has 0 aliphatic carbocycles. The summed E-state index contributed by atoms with van der Waals surface area (Å²) in [5.41, 5.74) is 0. The summed E-state index contributed by atoms with van der Waals surface area (Å²) in [7, 11) is -7.11. The molecule has 0 amide bonds. The van der Waals surface area contributed by atoms with Gasteiger partial charge in [0.15, 0.2) is 6.29 Å². The molecule has 0 aliphatic heterocycles. The van der Waals surface area contributed by atoms with Crippen molar-refractivity contribution in [2.75, 3.05) is 31.0 Å². The number of carbonyl (C=O) groups excluding carboxylic acids is 1. The van der Waals surface area contributed by atoms with Gasteiger partial charge < -0.3 is 14.6 Å². The molecule has 0 bridgehead atoms. The number of aliphatic hydroxyl groups is 1. The molecule has 2 N–H and O–H groups in total. The molecule has 0 radical (unpaired) electrons. The van der Waals surface area contributed by atoms with Crippen LogP contribution in [0, 0.1) is 5.92 Å². The highest BCUT2D eigenvalue weighted by Gasteiger charge is 2.29. The molecule has 2 unspecified atom stereocenters. The van der Waals surface area contributed by atoms with E-state index in [0.29, 0.717) is 0 Å². The van der Waals surface area contributed by atoms with Crippen LogP contribution in [-0.2, 0) is 34.1 Å². The molecular formula is C13H27NO8S2. The predicted molar refractivity (Wildman–Crippen MR) is 88.5 cm³/mol. The first-order chi connectivity index (χ1) is 10.9. The van der Waals surface area contributed by atoms with Crippen molar-refractivity contribution in [3.05, 3.63) is 0 Å². The van der Waals surface area contributed by atoms with Crippen molar-refractivity contribution in [3.63, 3.8) is 0 Å². The van der Waals surface area contributed by atoms with Crippen molar-refractivity contribution in [1.29, 1.82) is 0 Å². The zero-order chi connectivity index (χ0) is 19.0. The molecule has 11 heteroatoms. The first-order valence-corrected chi connectivity index (χ1v) is 11.2. The van der Waals surface area contributed by atoms with Gasteiger partial charge in [-0.2, -0.15) is 0 Å². The number of sulfone groups is 1. The van der Waals surface area contributed by atoms with Crippen LogP contribution in [0.4, 0.5) is 0 Å². The van der Waals surface area contributed by atoms with Crippen LogP contribution >= 0.6 is 0 Å². The Morgan fingerprint density at radius 2 is 1.75 bits per heavy atom. The van der Waals surface area contributed by atoms with Gasteiger partial charge in [-0.3, -0.25) is 4.79 Å². The summed E-state index contributed by atoms with van der Waals surface area (Å²) in [6.07, 6.45) is -0.333. The van der Waals surface area contributed by atoms with Gasteiger partial charge in [-0.1, -0.05) is 13.8 Å². The van der Waals surface area contributed by atoms with Gasteiger partial charge in [0.1, 0.15) is 22.5 Å². The molecule has 0 rings (SSSR count). The second kappa shape index (κ2) is 10.3. The molecule has 24 heavy (non-hydrogen) atoms. The average molecular weight is 389 g/mol. The average Bonchev–Trinajstić information content (AvgIpc) is 2.40. The SMILES string of the molecule is CCOC(O)COC(=O)C(NS(=O)(=O)CCCS(C)(=O)=O)C(C)C. The highest BCUT2D eigenvalue weighted by Crippen LogP contribution is 2.07. The van der Waals surface area contributed by atoms with Crippen LogP contribution in [-0.4, -0.2) is 71.2 Å². The Kier molecular flexibility index (Phi) is 9.97. The Balaban J connectivity index is 4.67. The Labute approximate surface area is 143 Å². The summed E-state index contributed by atoms with van der Waals surface area (Å²) < 4.78 is 57.9. The molecule has 9 nitrogen and oxygen atoms in total. The van der Waals surface area contributed by atoms with Gasteiger partial charge in [-0.15, -0.1) is 0 Å². The lowest BCUT2D eigenvalue weighted by molar-refractivity contribution is -0.167. The van der Waals surface area contributed by atoms with Crippen LogP contribution in [0.2, 0.25) is 0 Å². The van der Waals surface area contributed by atoms with Gasteiger partial charge in [0.2, 0.25) is 10.0 Å². The number of nitrogens with one attached hydrogen (secondary N) is 1. The molecule has 0 aliphatic rings. The van der Waals surface area contributed by atoms with E-state index in [9.17, 15) is 26.7 Å². The first-order valence-electron chi connectivity index (χ1n) is 7.52. The third kappa shape index (κ3) is 10.9. The van der Waals surface area contributed by atoms with Gasteiger partial charge >= 0.3 is 5.97 Å². The summed E-state index contributed by atoms with van der Waals surface area (Å²) in [6, 6.07) is -1.14. The molecule has 0 aromatic heterocycles. The quantitative estimate of drug-likeness (QED) is 0.329. The van der Waals surface area contributed by atoms with Crippen LogP contribution in [0.5, 0.6) is 0 Å². The fraction of sp³-hybridized carbons (Fsp3) is 0.923. The predicted octanol–water partition coefficient (Wildman–Crippen LogP) is -0.737. The molecule has 0 fully saturated rings. The van der Waals surface area contributed by atoms with E-state index in [-0.39, 0.29) is 18.8 Å². The summed E-state index contributed by atoms with van der Waals surface area (Å²) >= 11 is 0. The van der Waals surface area contributed by atoms with E-state index >= 15 is 0 Å². The minimum absolute atomic E-state index is 0.0723. The van der Waals surface area contributed by atoms with Gasteiger partial charge in [0.25, 0.3) is 0 Å². The summed E-state index contributed by atoms with van der Waals surface area (Å²) in [5.74, 6) is -1.91. The number of hydrogen-bond acceptors (Lipinski definition) is 8. The number of carbonyl (C=O) groups is 1. The second-order valence-corrected chi connectivity index (χ2v) is 9.82. The van der Waals surface area contributed by atoms with Crippen molar-refractivity contribution in [2.24, 2.45) is 5.92 Å². The molecule has 0 aromatic carbocycles. The van der Waals surface area contributed by atoms with Crippen LogP contribution in [0.3, 0.4) is 0 Å². The lowest BCUT2D eigenvalue weighted by Crippen LogP contribution is -2.46. The third-order valence-electron chi connectivity index (χ3n) is 2.88. The molecular weight excluding hydrogens is 362 g/mol. The minimum Gasteiger partial charge on any atom is -0.459 e. The van der Waals surface area contributed by atoms with Crippen molar-refractivity contribution in [1.82, 2.24) is 4.72 Å². The standard InChI is InChI=1S/C13H27NO8S2/c1-5-21-11(15)9-22-13(16)12(10(2)3)14-24(19,20)8-6-7-23(4,17)18/h10-12,14-15H,5-9H2,1-4H3. The summed E-state index contributed by atoms with van der Waals surface area (Å²) in [4.78, 5) is 12.0. The summed E-state index contributed by atoms with van der Waals surface area (Å²) in [5, 5.41) is 9.35. The van der Waals surface area contributed by atoms with E-state index in [0.717, 1.165) is 6.26 Å². The molecule has 0 heterocycles. The number of esters is 1. The number of rotatable bonds is 12. The first kappa shape index (κ1) is 23.2. The normalized spacial score (nSPS) is 15.2. The van der Waals surface area contributed by atoms with Crippen molar-refractivity contribution < 1.29 is 36.2 Å². The topological polar surface area (TPSA) is 136 Å². The second-order valence-electron chi connectivity index (χ2n) is 5.68. The number of ether oxygens (including phenoxy) is 2. The van der Waals surface area contributed by atoms with Gasteiger partial charge in [0.05, 0.1) is 11.5 Å². The number of hydrogen-bond donors (Lipinski definition) is 2. The van der Waals surface area contributed by atoms with Crippen LogP contribution in [0.15, 0.2) is 0 Å². The molecule has 0 saturated carbocycles. The van der Waals surface area contributed by atoms with Gasteiger partial charge in [0, 0.05) is 12.9 Å². The highest BCUT2D eigenvalue weighted by molar-refractivity contribution is 7.91. The third-order valence-corrected chi connectivity index (χ3v) is 5.35. The van der Waals surface area contributed by atoms with Crippen LogP contribution < -0.4 is 4.72 Å².